The lowest BCUT2D eigenvalue weighted by Crippen LogP contribution is -2.36. The van der Waals surface area contributed by atoms with Gasteiger partial charge in [0.05, 0.1) is 23.7 Å². The molecular weight excluding hydrogens is 466 g/mol. The van der Waals surface area contributed by atoms with Crippen LogP contribution >= 0.6 is 0 Å². The summed E-state index contributed by atoms with van der Waals surface area (Å²) in [6.45, 7) is 1.87. The van der Waals surface area contributed by atoms with Crippen molar-refractivity contribution >= 4 is 28.9 Å². The molecule has 1 amide bonds. The van der Waals surface area contributed by atoms with Crippen LogP contribution in [0.15, 0.2) is 72.8 Å². The minimum absolute atomic E-state index is 0.00794. The van der Waals surface area contributed by atoms with E-state index in [2.05, 4.69) is 5.32 Å². The van der Waals surface area contributed by atoms with Gasteiger partial charge < -0.3 is 24.4 Å². The summed E-state index contributed by atoms with van der Waals surface area (Å²) in [5.74, 6) is -0.724. The topological polar surface area (TPSA) is 120 Å². The van der Waals surface area contributed by atoms with Gasteiger partial charge in [0.15, 0.2) is 6.61 Å². The Labute approximate surface area is 207 Å². The van der Waals surface area contributed by atoms with Crippen LogP contribution in [0.1, 0.15) is 15.9 Å². The first kappa shape index (κ1) is 24.7. The van der Waals surface area contributed by atoms with Crippen LogP contribution in [0.2, 0.25) is 0 Å². The van der Waals surface area contributed by atoms with Crippen molar-refractivity contribution in [1.29, 1.82) is 0 Å². The van der Waals surface area contributed by atoms with Gasteiger partial charge in [0, 0.05) is 24.8 Å². The molecule has 186 valence electrons. The van der Waals surface area contributed by atoms with Gasteiger partial charge in [-0.15, -0.1) is 0 Å². The third-order valence-electron chi connectivity index (χ3n) is 5.48. The zero-order valence-electron chi connectivity index (χ0n) is 19.4. The number of ether oxygens (including phenoxy) is 3. The number of nitrogens with zero attached hydrogens (tertiary/aromatic N) is 2. The molecule has 3 aromatic carbocycles. The Balaban J connectivity index is 1.29. The Morgan fingerprint density at radius 1 is 1.00 bits per heavy atom. The SMILES string of the molecule is O=C(COC(=O)c1ccc(N2CCOCC2)c([N+](=O)[O-])c1)Nc1ccc(OCc2ccccc2)cc1. The second kappa shape index (κ2) is 11.8. The molecule has 0 radical (unpaired) electrons. The van der Waals surface area contributed by atoms with E-state index in [1.165, 1.54) is 18.2 Å². The average Bonchev–Trinajstić information content (AvgIpc) is 2.92. The molecule has 36 heavy (non-hydrogen) atoms. The fourth-order valence-electron chi connectivity index (χ4n) is 3.66. The van der Waals surface area contributed by atoms with Crippen LogP contribution in [0.4, 0.5) is 17.1 Å². The number of nitro groups is 1. The predicted molar refractivity (Wildman–Crippen MR) is 132 cm³/mol. The van der Waals surface area contributed by atoms with Crippen LogP contribution in [-0.4, -0.2) is 49.7 Å². The number of esters is 1. The number of rotatable bonds is 9. The summed E-state index contributed by atoms with van der Waals surface area (Å²) in [5.41, 5.74) is 1.75. The second-order valence-corrected chi connectivity index (χ2v) is 7.98. The third kappa shape index (κ3) is 6.57. The number of nitro benzene ring substituents is 1. The van der Waals surface area contributed by atoms with Crippen molar-refractivity contribution in [3.05, 3.63) is 94.0 Å². The molecule has 0 unspecified atom stereocenters. The Bertz CT molecular complexity index is 1210. The number of hydrogen-bond acceptors (Lipinski definition) is 8. The van der Waals surface area contributed by atoms with Crippen molar-refractivity contribution < 1.29 is 28.7 Å². The van der Waals surface area contributed by atoms with Gasteiger partial charge in [0.2, 0.25) is 0 Å². The standard InChI is InChI=1S/C26H25N3O7/c30-25(27-21-7-9-22(10-8-21)35-17-19-4-2-1-3-5-19)18-36-26(31)20-6-11-23(24(16-20)29(32)33)28-12-14-34-15-13-28/h1-11,16H,12-15,17-18H2,(H,27,30). The Hall–Kier alpha value is -4.44. The Morgan fingerprint density at radius 2 is 1.72 bits per heavy atom. The maximum atomic E-state index is 12.4. The number of amides is 1. The number of carbonyl (C=O) groups excluding carboxylic acids is 2. The lowest BCUT2D eigenvalue weighted by Gasteiger charge is -2.28. The first-order valence-corrected chi connectivity index (χ1v) is 11.3. The zero-order valence-corrected chi connectivity index (χ0v) is 19.4. The number of carbonyl (C=O) groups is 2. The highest BCUT2D eigenvalue weighted by Gasteiger charge is 2.24. The largest absolute Gasteiger partial charge is 0.489 e. The van der Waals surface area contributed by atoms with Gasteiger partial charge in [-0.2, -0.15) is 0 Å². The van der Waals surface area contributed by atoms with E-state index < -0.39 is 23.4 Å². The van der Waals surface area contributed by atoms with Crippen LogP contribution in [0.3, 0.4) is 0 Å². The van der Waals surface area contributed by atoms with Crippen LogP contribution in [0.25, 0.3) is 0 Å². The van der Waals surface area contributed by atoms with Crippen molar-refractivity contribution in [2.45, 2.75) is 6.61 Å². The molecule has 10 nitrogen and oxygen atoms in total. The fraction of sp³-hybridized carbons (Fsp3) is 0.231. The third-order valence-corrected chi connectivity index (χ3v) is 5.48. The van der Waals surface area contributed by atoms with Gasteiger partial charge in [0.1, 0.15) is 18.0 Å². The molecule has 0 aromatic heterocycles. The van der Waals surface area contributed by atoms with Crippen molar-refractivity contribution in [3.63, 3.8) is 0 Å². The van der Waals surface area contributed by atoms with Crippen LogP contribution in [0.5, 0.6) is 5.75 Å². The van der Waals surface area contributed by atoms with E-state index in [0.717, 1.165) is 5.56 Å². The van der Waals surface area contributed by atoms with E-state index >= 15 is 0 Å². The van der Waals surface area contributed by atoms with Gasteiger partial charge >= 0.3 is 5.97 Å². The van der Waals surface area contributed by atoms with Gasteiger partial charge in [-0.25, -0.2) is 4.79 Å². The maximum absolute atomic E-state index is 12.4. The van der Waals surface area contributed by atoms with Gasteiger partial charge in [-0.05, 0) is 42.0 Å². The molecule has 0 bridgehead atoms. The van der Waals surface area contributed by atoms with Crippen LogP contribution < -0.4 is 15.0 Å². The molecule has 10 heteroatoms. The zero-order chi connectivity index (χ0) is 25.3. The van der Waals surface area contributed by atoms with Gasteiger partial charge in [-0.1, -0.05) is 30.3 Å². The van der Waals surface area contributed by atoms with E-state index in [1.807, 2.05) is 35.2 Å². The van der Waals surface area contributed by atoms with E-state index in [4.69, 9.17) is 14.2 Å². The predicted octanol–water partition coefficient (Wildman–Crippen LogP) is 3.81. The molecule has 1 saturated heterocycles. The summed E-state index contributed by atoms with van der Waals surface area (Å²) >= 11 is 0. The van der Waals surface area contributed by atoms with Crippen LogP contribution in [-0.2, 0) is 20.9 Å². The molecule has 1 fully saturated rings. The van der Waals surface area contributed by atoms with E-state index in [0.29, 0.717) is 50.0 Å². The minimum Gasteiger partial charge on any atom is -0.489 e. The number of nitrogens with one attached hydrogen (secondary N) is 1. The number of anilines is 2. The Kier molecular flexibility index (Phi) is 8.09. The van der Waals surface area contributed by atoms with Crippen molar-refractivity contribution in [2.75, 3.05) is 43.1 Å². The number of morpholine rings is 1. The molecule has 0 spiro atoms. The average molecular weight is 492 g/mol. The summed E-state index contributed by atoms with van der Waals surface area (Å²) in [6.07, 6.45) is 0. The summed E-state index contributed by atoms with van der Waals surface area (Å²) in [7, 11) is 0. The van der Waals surface area contributed by atoms with Gasteiger partial charge in [-0.3, -0.25) is 14.9 Å². The molecule has 3 aromatic rings. The molecule has 4 rings (SSSR count). The summed E-state index contributed by atoms with van der Waals surface area (Å²) < 4.78 is 16.1. The minimum atomic E-state index is -0.827. The lowest BCUT2D eigenvalue weighted by molar-refractivity contribution is -0.384. The fourth-order valence-corrected chi connectivity index (χ4v) is 3.66. The second-order valence-electron chi connectivity index (χ2n) is 7.98. The van der Waals surface area contributed by atoms with E-state index in [1.54, 1.807) is 24.3 Å². The molecule has 1 N–H and O–H groups in total. The van der Waals surface area contributed by atoms with E-state index in [-0.39, 0.29) is 11.3 Å². The summed E-state index contributed by atoms with van der Waals surface area (Å²) in [4.78, 5) is 37.5. The first-order valence-electron chi connectivity index (χ1n) is 11.3. The summed E-state index contributed by atoms with van der Waals surface area (Å²) in [5, 5.41) is 14.2. The number of hydrogen-bond donors (Lipinski definition) is 1. The summed E-state index contributed by atoms with van der Waals surface area (Å²) in [6, 6.07) is 20.7. The molecule has 0 atom stereocenters. The smallest absolute Gasteiger partial charge is 0.338 e. The molecule has 1 aliphatic heterocycles. The molecule has 1 aliphatic rings. The van der Waals surface area contributed by atoms with Crippen LogP contribution in [0, 0.1) is 10.1 Å². The highest BCUT2D eigenvalue weighted by Crippen LogP contribution is 2.30. The number of benzene rings is 3. The monoisotopic (exact) mass is 491 g/mol. The van der Waals surface area contributed by atoms with Gasteiger partial charge in [0.25, 0.3) is 11.6 Å². The molecule has 0 saturated carbocycles. The quantitative estimate of drug-likeness (QED) is 0.273. The Morgan fingerprint density at radius 3 is 2.42 bits per heavy atom. The van der Waals surface area contributed by atoms with Crippen molar-refractivity contribution in [2.24, 2.45) is 0 Å². The van der Waals surface area contributed by atoms with Crippen molar-refractivity contribution in [1.82, 2.24) is 0 Å². The molecule has 0 aliphatic carbocycles. The van der Waals surface area contributed by atoms with Crippen molar-refractivity contribution in [3.8, 4) is 5.75 Å². The highest BCUT2D eigenvalue weighted by atomic mass is 16.6. The first-order chi connectivity index (χ1) is 17.5. The lowest BCUT2D eigenvalue weighted by atomic mass is 10.1. The molecule has 1 heterocycles. The molecular formula is C26H25N3O7. The highest BCUT2D eigenvalue weighted by molar-refractivity contribution is 5.96. The normalized spacial score (nSPS) is 13.1. The maximum Gasteiger partial charge on any atom is 0.338 e. The van der Waals surface area contributed by atoms with E-state index in [9.17, 15) is 19.7 Å².